The van der Waals surface area contributed by atoms with Crippen LogP contribution in [0.15, 0.2) is 24.3 Å². The molecule has 1 atom stereocenters. The lowest BCUT2D eigenvalue weighted by Crippen LogP contribution is -2.40. The molecule has 1 saturated heterocycles. The third kappa shape index (κ3) is 10.3. The zero-order chi connectivity index (χ0) is 23.1. The highest BCUT2D eigenvalue weighted by Gasteiger charge is 2.20. The first kappa shape index (κ1) is 25.7. The second-order valence-electron chi connectivity index (χ2n) is 8.89. The van der Waals surface area contributed by atoms with Crippen LogP contribution in [-0.2, 0) is 14.3 Å². The van der Waals surface area contributed by atoms with Gasteiger partial charge in [0.2, 0.25) is 5.91 Å². The van der Waals surface area contributed by atoms with Crippen LogP contribution in [0.1, 0.15) is 38.5 Å². The van der Waals surface area contributed by atoms with Crippen LogP contribution in [0, 0.1) is 11.8 Å². The predicted octanol–water partition coefficient (Wildman–Crippen LogP) is 2.14. The quantitative estimate of drug-likeness (QED) is 0.342. The molecule has 1 saturated carbocycles. The topological polar surface area (TPSA) is 98.3 Å². The predicted molar refractivity (Wildman–Crippen MR) is 126 cm³/mol. The van der Waals surface area contributed by atoms with Gasteiger partial charge in [0.15, 0.2) is 0 Å². The van der Waals surface area contributed by atoms with Gasteiger partial charge in [-0.05, 0) is 55.9 Å². The molecule has 3 rings (SSSR count). The molecule has 1 aliphatic carbocycles. The maximum atomic E-state index is 12.0. The molecule has 1 aromatic rings. The average Bonchev–Trinajstić information content (AvgIpc) is 3.37. The summed E-state index contributed by atoms with van der Waals surface area (Å²) in [5, 5.41) is 16.2. The highest BCUT2D eigenvalue weighted by atomic mass is 16.5. The van der Waals surface area contributed by atoms with Crippen molar-refractivity contribution in [2.24, 2.45) is 11.8 Å². The number of amides is 1. The van der Waals surface area contributed by atoms with Crippen molar-refractivity contribution in [2.45, 2.75) is 44.6 Å². The van der Waals surface area contributed by atoms with Crippen LogP contribution >= 0.6 is 0 Å². The van der Waals surface area contributed by atoms with Crippen molar-refractivity contribution >= 4 is 5.91 Å². The van der Waals surface area contributed by atoms with Gasteiger partial charge in [0.05, 0.1) is 6.61 Å². The average molecular weight is 465 g/mol. The molecule has 0 radical (unpaired) electrons. The van der Waals surface area contributed by atoms with E-state index in [4.69, 9.17) is 18.9 Å². The number of aliphatic hydroxyl groups is 1. The van der Waals surface area contributed by atoms with E-state index in [0.717, 1.165) is 31.1 Å². The molecule has 0 spiro atoms. The van der Waals surface area contributed by atoms with Crippen LogP contribution in [0.25, 0.3) is 0 Å². The van der Waals surface area contributed by atoms with Gasteiger partial charge in [-0.2, -0.15) is 0 Å². The minimum atomic E-state index is -0.635. The van der Waals surface area contributed by atoms with Crippen molar-refractivity contribution in [3.05, 3.63) is 24.3 Å². The molecule has 186 valence electrons. The second kappa shape index (κ2) is 15.1. The van der Waals surface area contributed by atoms with E-state index in [1.807, 2.05) is 24.3 Å². The Kier molecular flexibility index (Phi) is 11.8. The number of rotatable bonds is 15. The summed E-state index contributed by atoms with van der Waals surface area (Å²) in [7, 11) is 0. The molecule has 1 amide bonds. The number of aliphatic hydroxyl groups excluding tert-OH is 1. The van der Waals surface area contributed by atoms with Crippen LogP contribution in [-0.4, -0.2) is 76.4 Å². The lowest BCUT2D eigenvalue weighted by molar-refractivity contribution is -0.127. The maximum Gasteiger partial charge on any atom is 0.223 e. The fraction of sp³-hybridized carbons (Fsp3) is 0.720. The lowest BCUT2D eigenvalue weighted by Gasteiger charge is -2.21. The molecule has 1 heterocycles. The van der Waals surface area contributed by atoms with Gasteiger partial charge in [0.1, 0.15) is 30.8 Å². The first-order valence-electron chi connectivity index (χ1n) is 12.4. The van der Waals surface area contributed by atoms with Crippen molar-refractivity contribution in [3.63, 3.8) is 0 Å². The summed E-state index contributed by atoms with van der Waals surface area (Å²) in [4.78, 5) is 12.0. The number of carbonyl (C=O) groups is 1. The summed E-state index contributed by atoms with van der Waals surface area (Å²) >= 11 is 0. The molecule has 8 heteroatoms. The number of nitrogens with one attached hydrogen (secondary N) is 2. The first-order chi connectivity index (χ1) is 16.2. The van der Waals surface area contributed by atoms with E-state index in [1.165, 1.54) is 25.7 Å². The number of benzene rings is 1. The summed E-state index contributed by atoms with van der Waals surface area (Å²) in [5.41, 5.74) is 0. The van der Waals surface area contributed by atoms with Crippen molar-refractivity contribution in [3.8, 4) is 11.5 Å². The van der Waals surface area contributed by atoms with E-state index in [9.17, 15) is 9.90 Å². The molecule has 1 unspecified atom stereocenters. The Morgan fingerprint density at radius 1 is 1.00 bits per heavy atom. The second-order valence-corrected chi connectivity index (χ2v) is 8.89. The number of carbonyl (C=O) groups excluding carboxylic acids is 1. The van der Waals surface area contributed by atoms with Crippen LogP contribution in [0.4, 0.5) is 0 Å². The molecule has 33 heavy (non-hydrogen) atoms. The monoisotopic (exact) mass is 464 g/mol. The Balaban J connectivity index is 1.18. The highest BCUT2D eigenvalue weighted by molar-refractivity contribution is 5.78. The van der Waals surface area contributed by atoms with Gasteiger partial charge in [-0.25, -0.2) is 0 Å². The number of hydrogen-bond acceptors (Lipinski definition) is 7. The molecular weight excluding hydrogens is 424 g/mol. The van der Waals surface area contributed by atoms with Gasteiger partial charge in [-0.15, -0.1) is 0 Å². The van der Waals surface area contributed by atoms with E-state index in [1.54, 1.807) is 0 Å². The summed E-state index contributed by atoms with van der Waals surface area (Å²) in [6.07, 6.45) is 6.20. The Hall–Kier alpha value is -1.87. The Morgan fingerprint density at radius 2 is 1.70 bits per heavy atom. The van der Waals surface area contributed by atoms with Crippen LogP contribution in [0.5, 0.6) is 11.5 Å². The van der Waals surface area contributed by atoms with Gasteiger partial charge in [-0.1, -0.05) is 12.8 Å². The Labute approximate surface area is 197 Å². The molecular formula is C25H40N2O6. The third-order valence-corrected chi connectivity index (χ3v) is 6.16. The smallest absolute Gasteiger partial charge is 0.223 e. The van der Waals surface area contributed by atoms with Crippen molar-refractivity contribution in [2.75, 3.05) is 59.3 Å². The molecule has 2 aliphatic rings. The van der Waals surface area contributed by atoms with Gasteiger partial charge in [0.25, 0.3) is 0 Å². The highest BCUT2D eigenvalue weighted by Crippen LogP contribution is 2.24. The Morgan fingerprint density at radius 3 is 2.42 bits per heavy atom. The summed E-state index contributed by atoms with van der Waals surface area (Å²) in [5.74, 6) is 2.34. The molecule has 2 fully saturated rings. The molecule has 0 aromatic heterocycles. The molecule has 0 bridgehead atoms. The van der Waals surface area contributed by atoms with E-state index in [0.29, 0.717) is 51.8 Å². The fourth-order valence-corrected chi connectivity index (χ4v) is 4.18. The zero-order valence-electron chi connectivity index (χ0n) is 19.6. The van der Waals surface area contributed by atoms with E-state index in [-0.39, 0.29) is 18.4 Å². The van der Waals surface area contributed by atoms with Crippen LogP contribution < -0.4 is 20.1 Å². The Bertz CT molecular complexity index is 659. The molecule has 1 aliphatic heterocycles. The largest absolute Gasteiger partial charge is 0.491 e. The summed E-state index contributed by atoms with van der Waals surface area (Å²) in [6, 6.07) is 7.39. The van der Waals surface area contributed by atoms with E-state index < -0.39 is 6.10 Å². The standard InChI is InChI=1S/C25H40N2O6/c28-22(17-26-11-12-27-25(29)21-9-13-30-14-10-21)19-33-24-7-5-23(6-8-24)32-16-15-31-18-20-3-1-2-4-20/h5-8,20-22,26,28H,1-4,9-19H2,(H,27,29). The zero-order valence-corrected chi connectivity index (χ0v) is 19.6. The maximum absolute atomic E-state index is 12.0. The summed E-state index contributed by atoms with van der Waals surface area (Å²) in [6.45, 7) is 5.03. The third-order valence-electron chi connectivity index (χ3n) is 6.16. The fourth-order valence-electron chi connectivity index (χ4n) is 4.18. The lowest BCUT2D eigenvalue weighted by atomic mass is 9.99. The minimum absolute atomic E-state index is 0.0597. The minimum Gasteiger partial charge on any atom is -0.491 e. The van der Waals surface area contributed by atoms with Crippen molar-refractivity contribution in [1.82, 2.24) is 10.6 Å². The van der Waals surface area contributed by atoms with E-state index in [2.05, 4.69) is 10.6 Å². The molecule has 1 aromatic carbocycles. The van der Waals surface area contributed by atoms with Gasteiger partial charge in [0, 0.05) is 45.4 Å². The first-order valence-corrected chi connectivity index (χ1v) is 12.4. The van der Waals surface area contributed by atoms with Crippen molar-refractivity contribution < 1.29 is 28.8 Å². The normalized spacial score (nSPS) is 18.2. The summed E-state index contributed by atoms with van der Waals surface area (Å²) < 4.78 is 22.3. The van der Waals surface area contributed by atoms with Gasteiger partial charge >= 0.3 is 0 Å². The van der Waals surface area contributed by atoms with Crippen LogP contribution in [0.3, 0.4) is 0 Å². The number of hydrogen-bond donors (Lipinski definition) is 3. The number of ether oxygens (including phenoxy) is 4. The van der Waals surface area contributed by atoms with Gasteiger partial charge < -0.3 is 34.7 Å². The van der Waals surface area contributed by atoms with Crippen LogP contribution in [0.2, 0.25) is 0 Å². The van der Waals surface area contributed by atoms with Gasteiger partial charge in [-0.3, -0.25) is 4.79 Å². The SMILES string of the molecule is O=C(NCCNCC(O)COc1ccc(OCCOCC2CCCC2)cc1)C1CCOCC1. The molecule has 8 nitrogen and oxygen atoms in total. The van der Waals surface area contributed by atoms with Crippen molar-refractivity contribution in [1.29, 1.82) is 0 Å². The van der Waals surface area contributed by atoms with E-state index >= 15 is 0 Å². The molecule has 3 N–H and O–H groups in total.